The zero-order chi connectivity index (χ0) is 7.28. The minimum atomic E-state index is -0.372. The maximum absolute atomic E-state index is 10.3. The first kappa shape index (κ1) is 13.9. The van der Waals surface area contributed by atoms with Crippen LogP contribution in [0, 0.1) is 0 Å². The maximum atomic E-state index is 10.3. The average molecular weight is 325 g/mol. The van der Waals surface area contributed by atoms with Crippen molar-refractivity contribution in [2.24, 2.45) is 0 Å². The molecule has 0 heterocycles. The van der Waals surface area contributed by atoms with Crippen LogP contribution < -0.4 is 0 Å². The molecule has 1 atom stereocenters. The van der Waals surface area contributed by atoms with Gasteiger partial charge in [-0.3, -0.25) is 4.79 Å². The van der Waals surface area contributed by atoms with Gasteiger partial charge in [0.25, 0.3) is 0 Å². The Morgan fingerprint density at radius 3 is 2.60 bits per heavy atom. The van der Waals surface area contributed by atoms with Gasteiger partial charge in [-0.2, -0.15) is 0 Å². The molecule has 0 rings (SSSR count). The van der Waals surface area contributed by atoms with E-state index >= 15 is 0 Å². The van der Waals surface area contributed by atoms with E-state index in [1.807, 2.05) is 6.26 Å². The molecular weight excluding hydrogens is 316 g/mol. The van der Waals surface area contributed by atoms with Crippen molar-refractivity contribution in [3.8, 4) is 0 Å². The van der Waals surface area contributed by atoms with Crippen molar-refractivity contribution in [1.82, 2.24) is 0 Å². The van der Waals surface area contributed by atoms with Gasteiger partial charge in [-0.15, -0.1) is 11.8 Å². The molecule has 1 N–H and O–H groups in total. The van der Waals surface area contributed by atoms with E-state index in [9.17, 15) is 4.79 Å². The first-order chi connectivity index (χ1) is 4.16. The van der Waals surface area contributed by atoms with E-state index in [1.165, 1.54) is 11.8 Å². The number of carbonyl (C=O) groups is 1. The zero-order valence-corrected chi connectivity index (χ0v) is 11.8. The van der Waals surface area contributed by atoms with Crippen molar-refractivity contribution in [2.75, 3.05) is 6.26 Å². The van der Waals surface area contributed by atoms with Crippen LogP contribution in [-0.4, -0.2) is 20.6 Å². The molecule has 0 fully saturated rings. The largest absolute Gasteiger partial charge is 0.382 e. The number of hydrogen-bond acceptors (Lipinski definition) is 3. The first-order valence-electron chi connectivity index (χ1n) is 2.56. The molecule has 0 aromatic heterocycles. The predicted molar refractivity (Wildman–Crippen MR) is 47.8 cm³/mol. The standard InChI is InChI=1S/C5H9IO2S.Zn/c1-9-5(8)3-2-4(6)7;/h5,8H,2-3H2,1H3;. The number of aliphatic hydroxyl groups is 1. The van der Waals surface area contributed by atoms with Crippen LogP contribution in [0.5, 0.6) is 0 Å². The van der Waals surface area contributed by atoms with Gasteiger partial charge in [-0.25, -0.2) is 0 Å². The van der Waals surface area contributed by atoms with Gasteiger partial charge in [0.1, 0.15) is 0 Å². The topological polar surface area (TPSA) is 37.3 Å². The molecule has 10 heavy (non-hydrogen) atoms. The summed E-state index contributed by atoms with van der Waals surface area (Å²) < 4.78 is 0.112. The second-order valence-corrected chi connectivity index (χ2v) is 3.80. The maximum Gasteiger partial charge on any atom is 0.192 e. The van der Waals surface area contributed by atoms with Crippen LogP contribution in [0.25, 0.3) is 0 Å². The Bertz CT molecular complexity index is 102. The molecule has 1 unspecified atom stereocenters. The van der Waals surface area contributed by atoms with Crippen molar-refractivity contribution < 1.29 is 29.4 Å². The summed E-state index contributed by atoms with van der Waals surface area (Å²) in [5, 5.41) is 8.91. The van der Waals surface area contributed by atoms with Crippen LogP contribution in [0.1, 0.15) is 12.8 Å². The van der Waals surface area contributed by atoms with Gasteiger partial charge in [-0.1, -0.05) is 0 Å². The molecule has 0 amide bonds. The molecule has 0 saturated carbocycles. The summed E-state index contributed by atoms with van der Waals surface area (Å²) in [7, 11) is 0. The Labute approximate surface area is 91.4 Å². The Kier molecular flexibility index (Phi) is 11.7. The molecule has 0 spiro atoms. The number of rotatable bonds is 4. The Balaban J connectivity index is 0. The average Bonchev–Trinajstić information content (AvgIpc) is 1.83. The fraction of sp³-hybridized carbons (Fsp3) is 0.800. The second-order valence-electron chi connectivity index (χ2n) is 1.58. The van der Waals surface area contributed by atoms with Crippen LogP contribution >= 0.6 is 34.4 Å². The van der Waals surface area contributed by atoms with Gasteiger partial charge in [0.2, 0.25) is 0 Å². The molecule has 2 nitrogen and oxygen atoms in total. The van der Waals surface area contributed by atoms with Gasteiger partial charge in [-0.05, 0) is 35.3 Å². The van der Waals surface area contributed by atoms with E-state index < -0.39 is 0 Å². The van der Waals surface area contributed by atoms with Crippen LogP contribution in [0.15, 0.2) is 0 Å². The van der Waals surface area contributed by atoms with Gasteiger partial charge in [0.05, 0.1) is 5.44 Å². The van der Waals surface area contributed by atoms with Crippen molar-refractivity contribution >= 4 is 38.1 Å². The van der Waals surface area contributed by atoms with Crippen molar-refractivity contribution in [1.29, 1.82) is 0 Å². The molecule has 0 aromatic carbocycles. The minimum Gasteiger partial charge on any atom is -0.382 e. The summed E-state index contributed by atoms with van der Waals surface area (Å²) in [5.74, 6) is 0. The Hall–Kier alpha value is 1.33. The summed E-state index contributed by atoms with van der Waals surface area (Å²) >= 11 is 3.10. The molecule has 56 valence electrons. The molecule has 0 aliphatic carbocycles. The fourth-order valence-electron chi connectivity index (χ4n) is 0.355. The van der Waals surface area contributed by atoms with Crippen LogP contribution in [0.2, 0.25) is 0 Å². The third-order valence-corrected chi connectivity index (χ3v) is 2.18. The van der Waals surface area contributed by atoms with Crippen LogP contribution in [0.4, 0.5) is 0 Å². The predicted octanol–water partition coefficient (Wildman–Crippen LogP) is 1.41. The molecule has 0 aromatic rings. The van der Waals surface area contributed by atoms with Crippen molar-refractivity contribution in [3.63, 3.8) is 0 Å². The van der Waals surface area contributed by atoms with Crippen molar-refractivity contribution in [3.05, 3.63) is 0 Å². The molecule has 0 saturated heterocycles. The van der Waals surface area contributed by atoms with E-state index in [1.54, 1.807) is 22.6 Å². The monoisotopic (exact) mass is 324 g/mol. The van der Waals surface area contributed by atoms with E-state index in [0.29, 0.717) is 12.8 Å². The third kappa shape index (κ3) is 9.33. The first-order valence-corrected chi connectivity index (χ1v) is 4.92. The molecule has 0 aliphatic rings. The number of thioether (sulfide) groups is 1. The number of carbonyl (C=O) groups excluding carboxylic acids is 1. The smallest absolute Gasteiger partial charge is 0.192 e. The Morgan fingerprint density at radius 1 is 1.80 bits per heavy atom. The van der Waals surface area contributed by atoms with Gasteiger partial charge >= 0.3 is 0 Å². The van der Waals surface area contributed by atoms with Crippen molar-refractivity contribution in [2.45, 2.75) is 18.3 Å². The molecule has 0 bridgehead atoms. The Morgan fingerprint density at radius 2 is 2.30 bits per heavy atom. The van der Waals surface area contributed by atoms with E-state index in [2.05, 4.69) is 0 Å². The van der Waals surface area contributed by atoms with Crippen LogP contribution in [0.3, 0.4) is 0 Å². The van der Waals surface area contributed by atoms with Gasteiger partial charge in [0, 0.05) is 25.9 Å². The summed E-state index contributed by atoms with van der Waals surface area (Å²) in [4.78, 5) is 10.3. The molecule has 0 aliphatic heterocycles. The molecule has 0 radical (unpaired) electrons. The minimum absolute atomic E-state index is 0. The zero-order valence-electron chi connectivity index (χ0n) is 5.84. The third-order valence-electron chi connectivity index (χ3n) is 0.860. The van der Waals surface area contributed by atoms with E-state index in [4.69, 9.17) is 5.11 Å². The van der Waals surface area contributed by atoms with Crippen LogP contribution in [-0.2, 0) is 24.3 Å². The fourth-order valence-corrected chi connectivity index (χ4v) is 1.02. The number of aliphatic hydroxyl groups excluding tert-OH is 1. The molecular formula is C5H9IO2SZn. The van der Waals surface area contributed by atoms with E-state index in [0.717, 1.165) is 0 Å². The van der Waals surface area contributed by atoms with Gasteiger partial charge in [0.15, 0.2) is 3.79 Å². The van der Waals surface area contributed by atoms with E-state index in [-0.39, 0.29) is 28.7 Å². The number of hydrogen-bond donors (Lipinski definition) is 1. The second kappa shape index (κ2) is 8.43. The number of halogens is 1. The summed E-state index contributed by atoms with van der Waals surface area (Å²) in [6.07, 6.45) is 2.87. The quantitative estimate of drug-likeness (QED) is 0.367. The normalized spacial score (nSPS) is 11.9. The molecule has 5 heteroatoms. The SMILES string of the molecule is CSC(O)CCC(=O)I.[Zn]. The summed E-state index contributed by atoms with van der Waals surface area (Å²) in [5.41, 5.74) is -0.372. The summed E-state index contributed by atoms with van der Waals surface area (Å²) in [6.45, 7) is 0. The summed E-state index contributed by atoms with van der Waals surface area (Å²) in [6, 6.07) is 0. The van der Waals surface area contributed by atoms with Gasteiger partial charge < -0.3 is 5.11 Å².